The van der Waals surface area contributed by atoms with Crippen LogP contribution in [0.4, 0.5) is 5.69 Å². The van der Waals surface area contributed by atoms with Gasteiger partial charge in [-0.25, -0.2) is 8.42 Å². The van der Waals surface area contributed by atoms with E-state index in [1.165, 1.54) is 25.1 Å². The van der Waals surface area contributed by atoms with E-state index in [2.05, 4.69) is 4.72 Å². The number of ketones is 1. The van der Waals surface area contributed by atoms with Gasteiger partial charge in [0.05, 0.1) is 11.9 Å². The van der Waals surface area contributed by atoms with Gasteiger partial charge in [0.15, 0.2) is 11.5 Å². The van der Waals surface area contributed by atoms with Gasteiger partial charge in [-0.3, -0.25) is 9.52 Å². The van der Waals surface area contributed by atoms with Crippen LogP contribution in [0.2, 0.25) is 5.02 Å². The minimum atomic E-state index is -3.47. The second-order valence-electron chi connectivity index (χ2n) is 4.70. The Morgan fingerprint density at radius 3 is 2.43 bits per heavy atom. The molecule has 0 aliphatic rings. The van der Waals surface area contributed by atoms with Gasteiger partial charge in [-0.1, -0.05) is 17.7 Å². The third-order valence-electron chi connectivity index (χ3n) is 2.71. The number of rotatable bonds is 5. The average molecular weight is 363 g/mol. The molecule has 0 aliphatic carbocycles. The van der Waals surface area contributed by atoms with Crippen LogP contribution in [0.1, 0.15) is 17.3 Å². The van der Waals surface area contributed by atoms with Crippen molar-refractivity contribution in [2.45, 2.75) is 6.92 Å². The predicted octanol–water partition coefficient (Wildman–Crippen LogP) is 3.33. The third kappa shape index (κ3) is 6.16. The zero-order chi connectivity index (χ0) is 16.3. The molecular weight excluding hydrogens is 349 g/mol. The van der Waals surface area contributed by atoms with Crippen LogP contribution >= 0.6 is 11.6 Å². The Kier molecular flexibility index (Phi) is 7.10. The Morgan fingerprint density at radius 1 is 1.17 bits per heavy atom. The van der Waals surface area contributed by atoms with Crippen LogP contribution in [0.3, 0.4) is 0 Å². The molecule has 0 unspecified atom stereocenters. The first-order valence-electron chi connectivity index (χ1n) is 6.31. The summed E-state index contributed by atoms with van der Waals surface area (Å²) in [5.41, 5.74) is 0.656. The van der Waals surface area contributed by atoms with Gasteiger partial charge in [-0.2, -0.15) is 0 Å². The number of carbonyl (C=O) groups excluding carboxylic acids is 1. The largest absolute Gasteiger partial charge is 0.455 e. The number of hydrogen-bond acceptors (Lipinski definition) is 4. The van der Waals surface area contributed by atoms with Crippen molar-refractivity contribution < 1.29 is 17.9 Å². The molecule has 0 fully saturated rings. The first-order valence-corrected chi connectivity index (χ1v) is 8.58. The van der Waals surface area contributed by atoms with Gasteiger partial charge in [0.2, 0.25) is 10.0 Å². The predicted molar refractivity (Wildman–Crippen MR) is 92.2 cm³/mol. The van der Waals surface area contributed by atoms with E-state index in [0.29, 0.717) is 16.3 Å². The summed E-state index contributed by atoms with van der Waals surface area (Å²) in [6.45, 7) is 1.42. The van der Waals surface area contributed by atoms with Crippen molar-refractivity contribution in [1.82, 2.24) is 0 Å². The van der Waals surface area contributed by atoms with E-state index in [4.69, 9.17) is 16.3 Å². The van der Waals surface area contributed by atoms with E-state index in [1.54, 1.807) is 24.3 Å². The van der Waals surface area contributed by atoms with Crippen LogP contribution in [-0.4, -0.2) is 50.0 Å². The van der Waals surface area contributed by atoms with E-state index in [-0.39, 0.29) is 46.8 Å². The number of halogens is 1. The number of Topliss-reactive ketones (excluding diaryl/α,β-unsaturated/α-hetero) is 1. The topological polar surface area (TPSA) is 72.5 Å². The normalized spacial score (nSPS) is 10.6. The molecule has 0 amide bonds. The minimum Gasteiger partial charge on any atom is -0.455 e. The molecule has 0 atom stereocenters. The maximum atomic E-state index is 11.5. The molecule has 0 aliphatic heterocycles. The van der Waals surface area contributed by atoms with Crippen LogP contribution in [-0.2, 0) is 10.0 Å². The van der Waals surface area contributed by atoms with Crippen molar-refractivity contribution >= 4 is 62.7 Å². The second-order valence-corrected chi connectivity index (χ2v) is 6.89. The minimum absolute atomic E-state index is 0. The molecule has 117 valence electrons. The van der Waals surface area contributed by atoms with Crippen LogP contribution in [0.5, 0.6) is 11.5 Å². The van der Waals surface area contributed by atoms with Gasteiger partial charge in [0.1, 0.15) is 5.75 Å². The van der Waals surface area contributed by atoms with Crippen molar-refractivity contribution in [3.05, 3.63) is 53.1 Å². The molecule has 0 saturated heterocycles. The first kappa shape index (κ1) is 20.0. The summed E-state index contributed by atoms with van der Waals surface area (Å²) in [4.78, 5) is 11.5. The summed E-state index contributed by atoms with van der Waals surface area (Å²) in [5.74, 6) is 0.506. The number of sulfonamides is 1. The molecule has 0 spiro atoms. The Morgan fingerprint density at radius 2 is 1.87 bits per heavy atom. The number of carbonyl (C=O) groups is 1. The molecule has 0 bridgehead atoms. The molecule has 8 heteroatoms. The molecule has 5 nitrogen and oxygen atoms in total. The first-order chi connectivity index (χ1) is 10.2. The molecule has 23 heavy (non-hydrogen) atoms. The summed E-state index contributed by atoms with van der Waals surface area (Å²) in [5, 5.41) is 0.484. The molecule has 0 saturated carbocycles. The Balaban J connectivity index is 0.00000264. The molecule has 2 aromatic rings. The molecular formula is C15H14ClNNaO4S. The van der Waals surface area contributed by atoms with Gasteiger partial charge >= 0.3 is 0 Å². The van der Waals surface area contributed by atoms with Crippen LogP contribution in [0.15, 0.2) is 42.5 Å². The summed E-state index contributed by atoms with van der Waals surface area (Å²) in [7, 11) is -3.47. The summed E-state index contributed by atoms with van der Waals surface area (Å²) >= 11 is 5.89. The van der Waals surface area contributed by atoms with Gasteiger partial charge in [-0.05, 0) is 43.3 Å². The SMILES string of the molecule is CC(=O)c1ccc(NS(C)(=O)=O)c(Oc2cccc(Cl)c2)c1.[Na]. The zero-order valence-electron chi connectivity index (χ0n) is 13.0. The number of anilines is 1. The fourth-order valence-electron chi connectivity index (χ4n) is 1.77. The standard InChI is InChI=1S/C15H14ClNO4S.Na/c1-10(18)11-6-7-14(17-22(2,19)20)15(8-11)21-13-5-3-4-12(16)9-13;/h3-9,17H,1-2H3;. The fraction of sp³-hybridized carbons (Fsp3) is 0.133. The maximum absolute atomic E-state index is 11.5. The van der Waals surface area contributed by atoms with E-state index in [0.717, 1.165) is 6.26 Å². The van der Waals surface area contributed by atoms with E-state index in [1.807, 2.05) is 0 Å². The average Bonchev–Trinajstić information content (AvgIpc) is 2.39. The van der Waals surface area contributed by atoms with Crippen molar-refractivity contribution in [3.8, 4) is 11.5 Å². The number of benzene rings is 2. The second kappa shape index (κ2) is 8.17. The van der Waals surface area contributed by atoms with Crippen LogP contribution in [0, 0.1) is 0 Å². The Hall–Kier alpha value is -1.05. The van der Waals surface area contributed by atoms with E-state index >= 15 is 0 Å². The summed E-state index contributed by atoms with van der Waals surface area (Å²) in [6.07, 6.45) is 1.04. The van der Waals surface area contributed by atoms with E-state index in [9.17, 15) is 13.2 Å². The van der Waals surface area contributed by atoms with Crippen molar-refractivity contribution in [3.63, 3.8) is 0 Å². The summed E-state index contributed by atoms with van der Waals surface area (Å²) in [6, 6.07) is 11.2. The molecule has 0 heterocycles. The summed E-state index contributed by atoms with van der Waals surface area (Å²) < 4.78 is 30.9. The third-order valence-corrected chi connectivity index (χ3v) is 3.53. The van der Waals surface area contributed by atoms with Crippen LogP contribution in [0.25, 0.3) is 0 Å². The Bertz CT molecular complexity index is 824. The van der Waals surface area contributed by atoms with Gasteiger partial charge in [-0.15, -0.1) is 0 Å². The fourth-order valence-corrected chi connectivity index (χ4v) is 2.52. The van der Waals surface area contributed by atoms with Crippen molar-refractivity contribution in [1.29, 1.82) is 0 Å². The van der Waals surface area contributed by atoms with Gasteiger partial charge < -0.3 is 4.74 Å². The Labute approximate surface area is 162 Å². The number of nitrogens with one attached hydrogen (secondary N) is 1. The zero-order valence-corrected chi connectivity index (χ0v) is 16.5. The van der Waals surface area contributed by atoms with Gasteiger partial charge in [0, 0.05) is 40.1 Å². The smallest absolute Gasteiger partial charge is 0.229 e. The molecule has 1 radical (unpaired) electrons. The van der Waals surface area contributed by atoms with E-state index < -0.39 is 10.0 Å². The van der Waals surface area contributed by atoms with Crippen molar-refractivity contribution in [2.75, 3.05) is 11.0 Å². The monoisotopic (exact) mass is 362 g/mol. The van der Waals surface area contributed by atoms with Crippen LogP contribution < -0.4 is 9.46 Å². The number of hydrogen-bond donors (Lipinski definition) is 1. The van der Waals surface area contributed by atoms with Gasteiger partial charge in [0.25, 0.3) is 0 Å². The number of ether oxygens (including phenoxy) is 1. The maximum Gasteiger partial charge on any atom is 0.229 e. The van der Waals surface area contributed by atoms with Crippen molar-refractivity contribution in [2.24, 2.45) is 0 Å². The molecule has 0 aromatic heterocycles. The molecule has 1 N–H and O–H groups in total. The quantitative estimate of drug-likeness (QED) is 0.654. The molecule has 2 rings (SSSR count). The molecule has 2 aromatic carbocycles.